The molecule has 0 radical (unpaired) electrons. The summed E-state index contributed by atoms with van der Waals surface area (Å²) in [7, 11) is 6.23. The van der Waals surface area contributed by atoms with Gasteiger partial charge in [0.25, 0.3) is 0 Å². The number of aromatic nitrogens is 1. The maximum atomic E-state index is 12.7. The van der Waals surface area contributed by atoms with Crippen molar-refractivity contribution in [2.45, 2.75) is 0 Å². The Hall–Kier alpha value is -4.11. The van der Waals surface area contributed by atoms with Gasteiger partial charge in [-0.05, 0) is 66.0 Å². The van der Waals surface area contributed by atoms with E-state index in [1.54, 1.807) is 77.1 Å². The Bertz CT molecular complexity index is 1440. The fourth-order valence-electron chi connectivity index (χ4n) is 3.63. The standard InChI is InChI=1S/C27H23BrN2O6/c1-32-21-10-7-18(14-22(21)33-2)25(30-36-27(31)16-5-8-19(28)9-6-16)26-20-15-24(35-4)23(34-3)13-17(20)11-12-29-26/h5-15H,1-4H3. The Morgan fingerprint density at radius 1 is 0.750 bits per heavy atom. The van der Waals surface area contributed by atoms with Gasteiger partial charge in [0, 0.05) is 21.6 Å². The molecular formula is C27H23BrN2O6. The van der Waals surface area contributed by atoms with Crippen LogP contribution in [0.1, 0.15) is 21.6 Å². The molecule has 0 spiro atoms. The molecule has 1 heterocycles. The number of oxime groups is 1. The normalized spacial score (nSPS) is 11.2. The lowest BCUT2D eigenvalue weighted by molar-refractivity contribution is 0.0517. The first-order valence-corrected chi connectivity index (χ1v) is 11.6. The predicted molar refractivity (Wildman–Crippen MR) is 140 cm³/mol. The first-order valence-electron chi connectivity index (χ1n) is 10.8. The Morgan fingerprint density at radius 3 is 2.03 bits per heavy atom. The molecule has 8 nitrogen and oxygen atoms in total. The molecule has 0 aliphatic rings. The highest BCUT2D eigenvalue weighted by atomic mass is 79.9. The van der Waals surface area contributed by atoms with Gasteiger partial charge in [0.15, 0.2) is 23.0 Å². The Morgan fingerprint density at radius 2 is 1.36 bits per heavy atom. The smallest absolute Gasteiger partial charge is 0.365 e. The number of pyridine rings is 1. The van der Waals surface area contributed by atoms with Crippen LogP contribution < -0.4 is 18.9 Å². The summed E-state index contributed by atoms with van der Waals surface area (Å²) in [4.78, 5) is 22.7. The Kier molecular flexibility index (Phi) is 7.70. The molecule has 4 rings (SSSR count). The van der Waals surface area contributed by atoms with E-state index in [0.29, 0.717) is 45.5 Å². The number of halogens is 1. The van der Waals surface area contributed by atoms with Crippen molar-refractivity contribution in [3.63, 3.8) is 0 Å². The summed E-state index contributed by atoms with van der Waals surface area (Å²) < 4.78 is 22.6. The molecule has 1 aromatic heterocycles. The highest BCUT2D eigenvalue weighted by Gasteiger charge is 2.19. The number of nitrogens with zero attached hydrogens (tertiary/aromatic N) is 2. The van der Waals surface area contributed by atoms with Crippen molar-refractivity contribution in [2.24, 2.45) is 5.16 Å². The van der Waals surface area contributed by atoms with Crippen LogP contribution in [0, 0.1) is 0 Å². The summed E-state index contributed by atoms with van der Waals surface area (Å²) in [6, 6.07) is 17.6. The molecular weight excluding hydrogens is 528 g/mol. The van der Waals surface area contributed by atoms with E-state index < -0.39 is 5.97 Å². The molecule has 0 N–H and O–H groups in total. The summed E-state index contributed by atoms with van der Waals surface area (Å²) in [6.45, 7) is 0. The monoisotopic (exact) mass is 550 g/mol. The van der Waals surface area contributed by atoms with E-state index in [1.165, 1.54) is 0 Å². The molecule has 9 heteroatoms. The third-order valence-electron chi connectivity index (χ3n) is 5.45. The van der Waals surface area contributed by atoms with Crippen LogP contribution >= 0.6 is 15.9 Å². The number of hydrogen-bond donors (Lipinski definition) is 0. The number of carbonyl (C=O) groups is 1. The van der Waals surface area contributed by atoms with Crippen molar-refractivity contribution in [3.05, 3.63) is 88.2 Å². The van der Waals surface area contributed by atoms with Crippen LogP contribution in [-0.2, 0) is 4.84 Å². The topological polar surface area (TPSA) is 88.5 Å². The molecule has 0 unspecified atom stereocenters. The lowest BCUT2D eigenvalue weighted by Crippen LogP contribution is -2.11. The number of fused-ring (bicyclic) bond motifs is 1. The maximum absolute atomic E-state index is 12.7. The summed E-state index contributed by atoms with van der Waals surface area (Å²) in [5.74, 6) is 1.53. The first kappa shape index (κ1) is 25.0. The van der Waals surface area contributed by atoms with Crippen LogP contribution in [0.15, 0.2) is 76.5 Å². The third kappa shape index (κ3) is 5.11. The Labute approximate surface area is 216 Å². The largest absolute Gasteiger partial charge is 0.493 e. The number of ether oxygens (including phenoxy) is 4. The van der Waals surface area contributed by atoms with Crippen molar-refractivity contribution in [1.82, 2.24) is 4.98 Å². The van der Waals surface area contributed by atoms with Gasteiger partial charge in [-0.3, -0.25) is 4.98 Å². The van der Waals surface area contributed by atoms with Gasteiger partial charge in [-0.1, -0.05) is 21.1 Å². The highest BCUT2D eigenvalue weighted by molar-refractivity contribution is 9.10. The van der Waals surface area contributed by atoms with Crippen LogP contribution in [0.5, 0.6) is 23.0 Å². The van der Waals surface area contributed by atoms with Gasteiger partial charge in [0.05, 0.1) is 34.0 Å². The lowest BCUT2D eigenvalue weighted by atomic mass is 10.0. The van der Waals surface area contributed by atoms with Crippen LogP contribution in [0.2, 0.25) is 0 Å². The highest BCUT2D eigenvalue weighted by Crippen LogP contribution is 2.35. The zero-order valence-corrected chi connectivity index (χ0v) is 21.7. The molecule has 0 saturated carbocycles. The molecule has 0 amide bonds. The molecule has 0 aliphatic heterocycles. The fraction of sp³-hybridized carbons (Fsp3) is 0.148. The van der Waals surface area contributed by atoms with Gasteiger partial charge in [0.1, 0.15) is 11.4 Å². The summed E-state index contributed by atoms with van der Waals surface area (Å²) in [5, 5.41) is 5.83. The Balaban J connectivity index is 1.88. The van der Waals surface area contributed by atoms with E-state index in [1.807, 2.05) is 18.2 Å². The van der Waals surface area contributed by atoms with Crippen LogP contribution in [0.4, 0.5) is 0 Å². The number of carbonyl (C=O) groups excluding carboxylic acids is 1. The molecule has 0 bridgehead atoms. The summed E-state index contributed by atoms with van der Waals surface area (Å²) in [5.41, 5.74) is 1.75. The van der Waals surface area contributed by atoms with Crippen molar-refractivity contribution in [3.8, 4) is 23.0 Å². The van der Waals surface area contributed by atoms with E-state index in [2.05, 4.69) is 26.1 Å². The minimum absolute atomic E-state index is 0.319. The first-order chi connectivity index (χ1) is 17.5. The predicted octanol–water partition coefficient (Wildman–Crippen LogP) is 5.64. The summed E-state index contributed by atoms with van der Waals surface area (Å²) in [6.07, 6.45) is 1.65. The summed E-state index contributed by atoms with van der Waals surface area (Å²) >= 11 is 3.36. The number of benzene rings is 3. The van der Waals surface area contributed by atoms with E-state index >= 15 is 0 Å². The van der Waals surface area contributed by atoms with Gasteiger partial charge in [-0.2, -0.15) is 0 Å². The molecule has 3 aromatic carbocycles. The number of hydrogen-bond acceptors (Lipinski definition) is 8. The second-order valence-corrected chi connectivity index (χ2v) is 8.40. The zero-order chi connectivity index (χ0) is 25.7. The molecule has 0 saturated heterocycles. The van der Waals surface area contributed by atoms with Gasteiger partial charge >= 0.3 is 5.97 Å². The van der Waals surface area contributed by atoms with Gasteiger partial charge in [-0.15, -0.1) is 0 Å². The third-order valence-corrected chi connectivity index (χ3v) is 5.98. The molecule has 0 aliphatic carbocycles. The molecule has 0 atom stereocenters. The zero-order valence-electron chi connectivity index (χ0n) is 20.1. The van der Waals surface area contributed by atoms with Crippen molar-refractivity contribution in [1.29, 1.82) is 0 Å². The minimum atomic E-state index is -0.611. The van der Waals surface area contributed by atoms with E-state index in [9.17, 15) is 4.79 Å². The second-order valence-electron chi connectivity index (χ2n) is 7.48. The number of rotatable bonds is 8. The SMILES string of the molecule is COc1ccc(C(=NOC(=O)c2ccc(Br)cc2)c2nccc3cc(OC)c(OC)cc23)cc1OC. The van der Waals surface area contributed by atoms with E-state index in [-0.39, 0.29) is 0 Å². The number of methoxy groups -OCH3 is 4. The fourth-order valence-corrected chi connectivity index (χ4v) is 3.89. The van der Waals surface area contributed by atoms with Crippen molar-refractivity contribution >= 4 is 38.4 Å². The van der Waals surface area contributed by atoms with Gasteiger partial charge < -0.3 is 23.8 Å². The second kappa shape index (κ2) is 11.1. The molecule has 4 aromatic rings. The molecule has 36 heavy (non-hydrogen) atoms. The lowest BCUT2D eigenvalue weighted by Gasteiger charge is -2.14. The van der Waals surface area contributed by atoms with E-state index in [0.717, 1.165) is 15.2 Å². The maximum Gasteiger partial charge on any atom is 0.365 e. The average molecular weight is 551 g/mol. The minimum Gasteiger partial charge on any atom is -0.493 e. The molecule has 184 valence electrons. The van der Waals surface area contributed by atoms with Gasteiger partial charge in [-0.25, -0.2) is 4.79 Å². The quantitative estimate of drug-likeness (QED) is 0.159. The van der Waals surface area contributed by atoms with Crippen LogP contribution in [-0.4, -0.2) is 45.1 Å². The van der Waals surface area contributed by atoms with Gasteiger partial charge in [0.2, 0.25) is 0 Å². The van der Waals surface area contributed by atoms with Crippen molar-refractivity contribution in [2.75, 3.05) is 28.4 Å². The van der Waals surface area contributed by atoms with Crippen LogP contribution in [0.25, 0.3) is 10.8 Å². The van der Waals surface area contributed by atoms with Crippen LogP contribution in [0.3, 0.4) is 0 Å². The van der Waals surface area contributed by atoms with Crippen molar-refractivity contribution < 1.29 is 28.6 Å². The van der Waals surface area contributed by atoms with E-state index in [4.69, 9.17) is 23.8 Å². The molecule has 0 fully saturated rings. The average Bonchev–Trinajstić information content (AvgIpc) is 2.92.